The largest absolute Gasteiger partial charge is 0.368 e. The van der Waals surface area contributed by atoms with E-state index in [2.05, 4.69) is 21.2 Å². The Morgan fingerprint density at radius 3 is 2.53 bits per heavy atom. The second-order valence-electron chi connectivity index (χ2n) is 4.60. The van der Waals surface area contributed by atoms with Gasteiger partial charge in [0, 0.05) is 23.0 Å². The molecule has 0 aliphatic heterocycles. The molecule has 0 aromatic heterocycles. The molecule has 1 amide bonds. The first-order valence-corrected chi connectivity index (χ1v) is 7.11. The van der Waals surface area contributed by atoms with Crippen molar-refractivity contribution in [1.29, 1.82) is 0 Å². The third kappa shape index (κ3) is 4.76. The molecule has 1 fully saturated rings. The molecule has 5 heteroatoms. The van der Waals surface area contributed by atoms with Gasteiger partial charge in [0.05, 0.1) is 6.10 Å². The molecule has 1 aliphatic rings. The van der Waals surface area contributed by atoms with Gasteiger partial charge in [-0.1, -0.05) is 15.9 Å². The van der Waals surface area contributed by atoms with Crippen LogP contribution < -0.4 is 5.32 Å². The molecule has 4 nitrogen and oxygen atoms in total. The minimum atomic E-state index is -0.167. The molecular formula is C14H16BrNO3. The van der Waals surface area contributed by atoms with Gasteiger partial charge in [0.25, 0.3) is 0 Å². The van der Waals surface area contributed by atoms with Gasteiger partial charge in [-0.3, -0.25) is 9.59 Å². The van der Waals surface area contributed by atoms with Gasteiger partial charge in [0.2, 0.25) is 5.91 Å². The van der Waals surface area contributed by atoms with Crippen molar-refractivity contribution in [1.82, 2.24) is 0 Å². The molecule has 0 bridgehead atoms. The number of rotatable bonds is 4. The average molecular weight is 326 g/mol. The zero-order chi connectivity index (χ0) is 13.7. The molecule has 0 atom stereocenters. The van der Waals surface area contributed by atoms with Gasteiger partial charge in [-0.25, -0.2) is 0 Å². The first-order chi connectivity index (χ1) is 9.13. The van der Waals surface area contributed by atoms with E-state index in [9.17, 15) is 9.59 Å². The van der Waals surface area contributed by atoms with Crippen LogP contribution in [0.15, 0.2) is 28.7 Å². The Morgan fingerprint density at radius 2 is 1.89 bits per heavy atom. The summed E-state index contributed by atoms with van der Waals surface area (Å²) in [6.07, 6.45) is 2.63. The molecule has 0 heterocycles. The number of hydrogen-bond acceptors (Lipinski definition) is 3. The fraction of sp³-hybridized carbons (Fsp3) is 0.429. The maximum absolute atomic E-state index is 11.7. The second-order valence-corrected chi connectivity index (χ2v) is 5.52. The molecule has 0 saturated heterocycles. The molecule has 102 valence electrons. The van der Waals surface area contributed by atoms with Crippen LogP contribution in [0.2, 0.25) is 0 Å². The normalized spacial score (nSPS) is 16.4. The van der Waals surface area contributed by atoms with Crippen LogP contribution in [0.5, 0.6) is 0 Å². The van der Waals surface area contributed by atoms with Crippen LogP contribution in [0.4, 0.5) is 5.69 Å². The third-order valence-electron chi connectivity index (χ3n) is 3.07. The Bertz CT molecular complexity index is 448. The maximum Gasteiger partial charge on any atom is 0.250 e. The Balaban J connectivity index is 1.72. The highest BCUT2D eigenvalue weighted by atomic mass is 79.9. The summed E-state index contributed by atoms with van der Waals surface area (Å²) in [6.45, 7) is 0.0366. The molecular weight excluding hydrogens is 310 g/mol. The van der Waals surface area contributed by atoms with Crippen LogP contribution in [0.3, 0.4) is 0 Å². The van der Waals surface area contributed by atoms with Crippen molar-refractivity contribution in [3.05, 3.63) is 28.7 Å². The average Bonchev–Trinajstić information content (AvgIpc) is 2.41. The topological polar surface area (TPSA) is 55.4 Å². The number of anilines is 1. The number of halogens is 1. The van der Waals surface area contributed by atoms with Crippen molar-refractivity contribution in [2.24, 2.45) is 0 Å². The van der Waals surface area contributed by atoms with Crippen LogP contribution in [-0.2, 0) is 14.3 Å². The summed E-state index contributed by atoms with van der Waals surface area (Å²) >= 11 is 3.33. The fourth-order valence-corrected chi connectivity index (χ4v) is 2.27. The molecule has 1 aromatic rings. The minimum absolute atomic E-state index is 0.0355. The summed E-state index contributed by atoms with van der Waals surface area (Å²) in [5.41, 5.74) is 0.746. The molecule has 0 unspecified atom stereocenters. The Kier molecular flexibility index (Phi) is 5.10. The lowest BCUT2D eigenvalue weighted by Gasteiger charge is -2.21. The first-order valence-electron chi connectivity index (χ1n) is 6.32. The van der Waals surface area contributed by atoms with Crippen molar-refractivity contribution in [3.63, 3.8) is 0 Å². The van der Waals surface area contributed by atoms with E-state index >= 15 is 0 Å². The van der Waals surface area contributed by atoms with Gasteiger partial charge in [0.15, 0.2) is 0 Å². The van der Waals surface area contributed by atoms with E-state index in [-0.39, 0.29) is 18.6 Å². The van der Waals surface area contributed by atoms with Crippen LogP contribution in [0.1, 0.15) is 25.7 Å². The van der Waals surface area contributed by atoms with Gasteiger partial charge in [0.1, 0.15) is 12.4 Å². The summed E-state index contributed by atoms with van der Waals surface area (Å²) in [6, 6.07) is 7.37. The smallest absolute Gasteiger partial charge is 0.250 e. The summed E-state index contributed by atoms with van der Waals surface area (Å²) in [5, 5.41) is 2.77. The lowest BCUT2D eigenvalue weighted by atomic mass is 9.96. The van der Waals surface area contributed by atoms with Gasteiger partial charge < -0.3 is 10.1 Å². The second kappa shape index (κ2) is 6.82. The highest BCUT2D eigenvalue weighted by Crippen LogP contribution is 2.18. The van der Waals surface area contributed by atoms with Gasteiger partial charge in [-0.05, 0) is 37.1 Å². The van der Waals surface area contributed by atoms with Gasteiger partial charge in [-0.15, -0.1) is 0 Å². The first kappa shape index (κ1) is 14.2. The number of Topliss-reactive ketones (excluding diaryl/α,β-unsaturated/α-hetero) is 1. The molecule has 1 saturated carbocycles. The third-order valence-corrected chi connectivity index (χ3v) is 3.60. The summed E-state index contributed by atoms with van der Waals surface area (Å²) < 4.78 is 6.48. The number of carbonyl (C=O) groups excluding carboxylic acids is 2. The lowest BCUT2D eigenvalue weighted by Crippen LogP contribution is -2.26. The minimum Gasteiger partial charge on any atom is -0.368 e. The van der Waals surface area contributed by atoms with E-state index in [4.69, 9.17) is 4.74 Å². The fourth-order valence-electron chi connectivity index (χ4n) is 2.00. The summed E-state index contributed by atoms with van der Waals surface area (Å²) in [4.78, 5) is 22.8. The van der Waals surface area contributed by atoms with Crippen molar-refractivity contribution in [2.75, 3.05) is 11.9 Å². The van der Waals surface area contributed by atoms with Gasteiger partial charge in [-0.2, -0.15) is 0 Å². The SMILES string of the molecule is O=C1CCC(OCC(=O)Nc2ccc(Br)cc2)CC1. The molecule has 19 heavy (non-hydrogen) atoms. The van der Waals surface area contributed by atoms with E-state index in [1.807, 2.05) is 24.3 Å². The molecule has 1 aromatic carbocycles. The quantitative estimate of drug-likeness (QED) is 0.926. The number of hydrogen-bond donors (Lipinski definition) is 1. The van der Waals surface area contributed by atoms with Crippen molar-refractivity contribution in [3.8, 4) is 0 Å². The molecule has 1 N–H and O–H groups in total. The monoisotopic (exact) mass is 325 g/mol. The molecule has 0 spiro atoms. The van der Waals surface area contributed by atoms with Crippen molar-refractivity contribution >= 4 is 33.3 Å². The zero-order valence-corrected chi connectivity index (χ0v) is 12.1. The highest BCUT2D eigenvalue weighted by molar-refractivity contribution is 9.10. The number of ether oxygens (including phenoxy) is 1. The van der Waals surface area contributed by atoms with Crippen LogP contribution in [-0.4, -0.2) is 24.4 Å². The van der Waals surface area contributed by atoms with Gasteiger partial charge >= 0.3 is 0 Å². The predicted molar refractivity (Wildman–Crippen MR) is 76.0 cm³/mol. The number of nitrogens with one attached hydrogen (secondary N) is 1. The molecule has 2 rings (SSSR count). The molecule has 1 aliphatic carbocycles. The Labute approximate surface area is 120 Å². The summed E-state index contributed by atoms with van der Waals surface area (Å²) in [7, 11) is 0. The van der Waals surface area contributed by atoms with Crippen molar-refractivity contribution in [2.45, 2.75) is 31.8 Å². The van der Waals surface area contributed by atoms with Crippen LogP contribution in [0, 0.1) is 0 Å². The highest BCUT2D eigenvalue weighted by Gasteiger charge is 2.19. The van der Waals surface area contributed by atoms with Crippen LogP contribution >= 0.6 is 15.9 Å². The van der Waals surface area contributed by atoms with E-state index in [0.717, 1.165) is 23.0 Å². The van der Waals surface area contributed by atoms with E-state index in [1.54, 1.807) is 0 Å². The lowest BCUT2D eigenvalue weighted by molar-refractivity contribution is -0.126. The summed E-state index contributed by atoms with van der Waals surface area (Å²) in [5.74, 6) is 0.124. The predicted octanol–water partition coefficient (Wildman–Crippen LogP) is 2.92. The molecule has 0 radical (unpaired) electrons. The standard InChI is InChI=1S/C14H16BrNO3/c15-10-1-3-11(4-2-10)16-14(18)9-19-13-7-5-12(17)6-8-13/h1-4,13H,5-9H2,(H,16,18). The van der Waals surface area contributed by atoms with Crippen molar-refractivity contribution < 1.29 is 14.3 Å². The zero-order valence-electron chi connectivity index (χ0n) is 10.5. The van der Waals surface area contributed by atoms with E-state index in [1.165, 1.54) is 0 Å². The van der Waals surface area contributed by atoms with E-state index in [0.29, 0.717) is 18.6 Å². The van der Waals surface area contributed by atoms with Crippen LogP contribution in [0.25, 0.3) is 0 Å². The Morgan fingerprint density at radius 1 is 1.26 bits per heavy atom. The number of benzene rings is 1. The number of amides is 1. The maximum atomic E-state index is 11.7. The number of ketones is 1. The Hall–Kier alpha value is -1.20. The van der Waals surface area contributed by atoms with E-state index < -0.39 is 0 Å². The number of carbonyl (C=O) groups is 2.